The Kier molecular flexibility index (Phi) is 5.28. The summed E-state index contributed by atoms with van der Waals surface area (Å²) in [4.78, 5) is 16.1. The number of ether oxygens (including phenoxy) is 1. The lowest BCUT2D eigenvalue weighted by atomic mass is 10.2. The number of amides is 1. The van der Waals surface area contributed by atoms with Gasteiger partial charge in [-0.25, -0.2) is 4.79 Å². The molecule has 1 N–H and O–H groups in total. The Morgan fingerprint density at radius 3 is 2.57 bits per heavy atom. The Labute approximate surface area is 122 Å². The topological polar surface area (TPSA) is 72.3 Å². The summed E-state index contributed by atoms with van der Waals surface area (Å²) in [5, 5.41) is 9.75. The van der Waals surface area contributed by atoms with Gasteiger partial charge in [0, 0.05) is 11.8 Å². The van der Waals surface area contributed by atoms with Crippen LogP contribution in [-0.2, 0) is 11.4 Å². The molecular formula is C15H15N3O3. The number of hydrogen-bond donors (Lipinski definition) is 1. The standard InChI is InChI=1S/C15H15N3O3/c1-20-14-10-6-5-9-13(14)17-18-21-15(19)16-11-12-7-3-2-4-8-12/h2-10H,11H2,1H3,(H,16,19). The van der Waals surface area contributed by atoms with Crippen molar-refractivity contribution in [3.8, 4) is 5.75 Å². The molecule has 6 nitrogen and oxygen atoms in total. The third-order valence-corrected chi connectivity index (χ3v) is 2.64. The third-order valence-electron chi connectivity index (χ3n) is 2.64. The van der Waals surface area contributed by atoms with E-state index in [1.54, 1.807) is 18.2 Å². The van der Waals surface area contributed by atoms with Gasteiger partial charge in [0.05, 0.1) is 7.11 Å². The molecule has 0 spiro atoms. The number of benzene rings is 2. The van der Waals surface area contributed by atoms with Crippen LogP contribution in [0.2, 0.25) is 0 Å². The van der Waals surface area contributed by atoms with Gasteiger partial charge in [0.2, 0.25) is 0 Å². The molecule has 2 rings (SSSR count). The Bertz CT molecular complexity index is 615. The number of para-hydroxylation sites is 1. The van der Waals surface area contributed by atoms with Crippen LogP contribution in [0.4, 0.5) is 10.5 Å². The predicted molar refractivity (Wildman–Crippen MR) is 77.3 cm³/mol. The van der Waals surface area contributed by atoms with E-state index in [4.69, 9.17) is 4.74 Å². The lowest BCUT2D eigenvalue weighted by molar-refractivity contribution is 0.141. The first-order valence-corrected chi connectivity index (χ1v) is 6.32. The molecule has 0 aliphatic heterocycles. The number of carbonyl (C=O) groups excluding carboxylic acids is 1. The van der Waals surface area contributed by atoms with Gasteiger partial charge in [-0.3, -0.25) is 4.84 Å². The fourth-order valence-corrected chi connectivity index (χ4v) is 1.62. The molecule has 0 aliphatic rings. The van der Waals surface area contributed by atoms with E-state index in [0.717, 1.165) is 5.56 Å². The molecular weight excluding hydrogens is 270 g/mol. The molecule has 0 fully saturated rings. The molecule has 108 valence electrons. The van der Waals surface area contributed by atoms with Crippen LogP contribution >= 0.6 is 0 Å². The van der Waals surface area contributed by atoms with Crippen molar-refractivity contribution in [2.24, 2.45) is 10.4 Å². The van der Waals surface area contributed by atoms with Gasteiger partial charge in [0.15, 0.2) is 0 Å². The number of carbonyl (C=O) groups is 1. The molecule has 0 bridgehead atoms. The van der Waals surface area contributed by atoms with Crippen LogP contribution < -0.4 is 10.1 Å². The molecule has 0 atom stereocenters. The second-order valence-corrected chi connectivity index (χ2v) is 4.07. The fraction of sp³-hybridized carbons (Fsp3) is 0.133. The smallest absolute Gasteiger partial charge is 0.435 e. The largest absolute Gasteiger partial charge is 0.494 e. The van der Waals surface area contributed by atoms with Gasteiger partial charge < -0.3 is 10.1 Å². The molecule has 0 aromatic heterocycles. The highest BCUT2D eigenvalue weighted by Gasteiger charge is 2.02. The van der Waals surface area contributed by atoms with E-state index in [2.05, 4.69) is 20.5 Å². The first-order valence-electron chi connectivity index (χ1n) is 6.32. The van der Waals surface area contributed by atoms with Crippen molar-refractivity contribution in [3.05, 3.63) is 60.2 Å². The number of nitrogens with zero attached hydrogens (tertiary/aromatic N) is 2. The average Bonchev–Trinajstić information content (AvgIpc) is 2.54. The Morgan fingerprint density at radius 1 is 1.10 bits per heavy atom. The summed E-state index contributed by atoms with van der Waals surface area (Å²) in [5.41, 5.74) is 1.45. The molecule has 0 aliphatic carbocycles. The van der Waals surface area contributed by atoms with Gasteiger partial charge in [-0.05, 0) is 17.7 Å². The van der Waals surface area contributed by atoms with Crippen LogP contribution in [-0.4, -0.2) is 13.2 Å². The number of rotatable bonds is 5. The maximum Gasteiger partial charge on any atom is 0.435 e. The van der Waals surface area contributed by atoms with E-state index < -0.39 is 6.09 Å². The van der Waals surface area contributed by atoms with E-state index in [1.165, 1.54) is 7.11 Å². The third kappa shape index (κ3) is 4.61. The summed E-state index contributed by atoms with van der Waals surface area (Å²) >= 11 is 0. The zero-order valence-corrected chi connectivity index (χ0v) is 11.5. The van der Waals surface area contributed by atoms with E-state index in [9.17, 15) is 4.79 Å². The predicted octanol–water partition coefficient (Wildman–Crippen LogP) is 3.62. The van der Waals surface area contributed by atoms with Crippen molar-refractivity contribution in [1.29, 1.82) is 0 Å². The quantitative estimate of drug-likeness (QED) is 0.673. The minimum atomic E-state index is -0.669. The molecule has 1 amide bonds. The van der Waals surface area contributed by atoms with Crippen molar-refractivity contribution in [2.45, 2.75) is 6.54 Å². The zero-order chi connectivity index (χ0) is 14.9. The Morgan fingerprint density at radius 2 is 1.81 bits per heavy atom. The van der Waals surface area contributed by atoms with Crippen LogP contribution in [0.3, 0.4) is 0 Å². The van der Waals surface area contributed by atoms with Gasteiger partial charge in [0.25, 0.3) is 0 Å². The highest BCUT2D eigenvalue weighted by atomic mass is 16.7. The van der Waals surface area contributed by atoms with Crippen LogP contribution in [0, 0.1) is 0 Å². The average molecular weight is 285 g/mol. The zero-order valence-electron chi connectivity index (χ0n) is 11.5. The van der Waals surface area contributed by atoms with Crippen LogP contribution in [0.1, 0.15) is 5.56 Å². The summed E-state index contributed by atoms with van der Waals surface area (Å²) in [6.07, 6.45) is -0.669. The van der Waals surface area contributed by atoms with Crippen molar-refractivity contribution in [3.63, 3.8) is 0 Å². The van der Waals surface area contributed by atoms with Crippen molar-refractivity contribution >= 4 is 11.8 Å². The Hall–Kier alpha value is -2.89. The minimum Gasteiger partial charge on any atom is -0.494 e. The molecule has 6 heteroatoms. The van der Waals surface area contributed by atoms with Gasteiger partial charge >= 0.3 is 6.09 Å². The van der Waals surface area contributed by atoms with E-state index in [-0.39, 0.29) is 0 Å². The van der Waals surface area contributed by atoms with E-state index in [1.807, 2.05) is 36.4 Å². The first-order chi connectivity index (χ1) is 10.3. The minimum absolute atomic E-state index is 0.365. The lowest BCUT2D eigenvalue weighted by Gasteiger charge is -2.03. The van der Waals surface area contributed by atoms with Gasteiger partial charge in [-0.15, -0.1) is 5.11 Å². The maximum absolute atomic E-state index is 11.4. The van der Waals surface area contributed by atoms with Crippen LogP contribution in [0.25, 0.3) is 0 Å². The molecule has 0 radical (unpaired) electrons. The van der Waals surface area contributed by atoms with Gasteiger partial charge in [0.1, 0.15) is 11.4 Å². The number of hydrogen-bond acceptors (Lipinski definition) is 5. The van der Waals surface area contributed by atoms with Crippen LogP contribution in [0.5, 0.6) is 5.75 Å². The Balaban J connectivity index is 1.82. The second-order valence-electron chi connectivity index (χ2n) is 4.07. The summed E-state index contributed by atoms with van der Waals surface area (Å²) < 4.78 is 5.10. The molecule has 0 saturated heterocycles. The SMILES string of the molecule is COc1ccccc1N=NOC(=O)NCc1ccccc1. The molecule has 2 aromatic rings. The lowest BCUT2D eigenvalue weighted by Crippen LogP contribution is -2.21. The van der Waals surface area contributed by atoms with Crippen molar-refractivity contribution in [2.75, 3.05) is 7.11 Å². The summed E-state index contributed by atoms with van der Waals surface area (Å²) in [7, 11) is 1.53. The summed E-state index contributed by atoms with van der Waals surface area (Å²) in [6, 6.07) is 16.5. The van der Waals surface area contributed by atoms with Crippen molar-refractivity contribution in [1.82, 2.24) is 5.32 Å². The fourth-order valence-electron chi connectivity index (χ4n) is 1.62. The molecule has 0 saturated carbocycles. The normalized spacial score (nSPS) is 10.3. The maximum atomic E-state index is 11.4. The van der Waals surface area contributed by atoms with Gasteiger partial charge in [-0.1, -0.05) is 42.5 Å². The van der Waals surface area contributed by atoms with Crippen LogP contribution in [0.15, 0.2) is 65.0 Å². The second kappa shape index (κ2) is 7.64. The van der Waals surface area contributed by atoms with Gasteiger partial charge in [-0.2, -0.15) is 0 Å². The molecule has 2 aromatic carbocycles. The van der Waals surface area contributed by atoms with Crippen molar-refractivity contribution < 1.29 is 14.4 Å². The highest BCUT2D eigenvalue weighted by Crippen LogP contribution is 2.26. The first kappa shape index (κ1) is 14.5. The highest BCUT2D eigenvalue weighted by molar-refractivity contribution is 5.66. The number of nitrogens with one attached hydrogen (secondary N) is 1. The molecule has 0 heterocycles. The molecule has 0 unspecified atom stereocenters. The van der Waals surface area contributed by atoms with E-state index in [0.29, 0.717) is 18.0 Å². The summed E-state index contributed by atoms with van der Waals surface area (Å²) in [5.74, 6) is 0.551. The van der Waals surface area contributed by atoms with E-state index >= 15 is 0 Å². The number of methoxy groups -OCH3 is 1. The molecule has 21 heavy (non-hydrogen) atoms. The monoisotopic (exact) mass is 285 g/mol. The summed E-state index contributed by atoms with van der Waals surface area (Å²) in [6.45, 7) is 0.365.